The van der Waals surface area contributed by atoms with E-state index in [1.54, 1.807) is 91.0 Å². The fourth-order valence-corrected chi connectivity index (χ4v) is 6.25. The molecule has 5 aromatic heterocycles. The van der Waals surface area contributed by atoms with Crippen LogP contribution >= 0.6 is 0 Å². The van der Waals surface area contributed by atoms with Crippen molar-refractivity contribution in [1.82, 2.24) is 24.9 Å². The third kappa shape index (κ3) is 13.0. The molecule has 5 heterocycles. The number of benzene rings is 5. The monoisotopic (exact) mass is 996 g/mol. The Morgan fingerprint density at radius 1 is 0.254 bits per heavy atom. The van der Waals surface area contributed by atoms with Gasteiger partial charge in [-0.2, -0.15) is 0 Å². The number of nitrogens with zero attached hydrogens (tertiary/aromatic N) is 5. The minimum Gasteiger partial charge on any atom is -0.506 e. The topological polar surface area (TPSA) is 352 Å². The normalized spacial score (nSPS) is 10.1. The molecule has 0 atom stereocenters. The van der Waals surface area contributed by atoms with Crippen molar-refractivity contribution in [3.8, 4) is 28.7 Å². The van der Waals surface area contributed by atoms with Crippen LogP contribution in [0.4, 0.5) is 0 Å². The van der Waals surface area contributed by atoms with E-state index in [0.29, 0.717) is 27.6 Å². The summed E-state index contributed by atoms with van der Waals surface area (Å²) in [6.45, 7) is 0. The van der Waals surface area contributed by atoms with Crippen LogP contribution < -0.4 is 0 Å². The van der Waals surface area contributed by atoms with Gasteiger partial charge in [-0.05, 0) is 60.7 Å². The van der Waals surface area contributed by atoms with Crippen molar-refractivity contribution in [2.75, 3.05) is 0 Å². The minimum atomic E-state index is -1.10. The molecule has 0 fully saturated rings. The van der Waals surface area contributed by atoms with Gasteiger partial charge in [0.05, 0.1) is 0 Å². The van der Waals surface area contributed by atoms with Gasteiger partial charge in [-0.3, -0.25) is 0 Å². The molecule has 10 rings (SSSR count). The Morgan fingerprint density at radius 3 is 0.549 bits per heavy atom. The van der Waals surface area contributed by atoms with Crippen molar-refractivity contribution in [1.29, 1.82) is 0 Å². The van der Waals surface area contributed by atoms with Crippen LogP contribution in [0.15, 0.2) is 152 Å². The Bertz CT molecular complexity index is 3100. The van der Waals surface area contributed by atoms with Crippen LogP contribution in [0.5, 0.6) is 28.7 Å². The van der Waals surface area contributed by atoms with Crippen molar-refractivity contribution >= 4 is 84.4 Å². The molecule has 0 unspecified atom stereocenters. The number of pyridine rings is 5. The first-order valence-corrected chi connectivity index (χ1v) is 20.0. The first-order valence-electron chi connectivity index (χ1n) is 20.0. The molecule has 0 spiro atoms. The number of carboxylic acids is 5. The van der Waals surface area contributed by atoms with Crippen LogP contribution in [0.25, 0.3) is 54.5 Å². The predicted octanol–water partition coefficient (Wildman–Crippen LogP) is 8.19. The standard InChI is InChI=1S/5C10H7NO3.V/c5*12-8-3-1-2-6-4-5-7(10(13)14)11-9(6)8;/h5*1-5,12H,(H,13,14);. The Labute approximate surface area is 410 Å². The van der Waals surface area contributed by atoms with Crippen LogP contribution in [-0.4, -0.2) is 106 Å². The molecule has 1 radical (unpaired) electrons. The van der Waals surface area contributed by atoms with Gasteiger partial charge in [0.15, 0.2) is 0 Å². The summed E-state index contributed by atoms with van der Waals surface area (Å²) in [6, 6.07) is 39.7. The average Bonchev–Trinajstić information content (AvgIpc) is 3.35. The first kappa shape index (κ1) is 52.1. The number of rotatable bonds is 5. The SMILES string of the molecule is O=C(O)c1ccc2cccc(O)c2n1.O=C(O)c1ccc2cccc(O)c2n1.O=C(O)c1ccc2cccc(O)c2n1.O=C(O)c1ccc2cccc(O)c2n1.O=C(O)c1ccc2cccc(O)c2n1.[V]. The van der Waals surface area contributed by atoms with Crippen LogP contribution in [0.2, 0.25) is 0 Å². The van der Waals surface area contributed by atoms with Crippen LogP contribution in [0.1, 0.15) is 52.4 Å². The van der Waals surface area contributed by atoms with Gasteiger partial charge >= 0.3 is 29.8 Å². The molecule has 0 amide bonds. The van der Waals surface area contributed by atoms with Crippen molar-refractivity contribution in [3.63, 3.8) is 0 Å². The molecule has 10 aromatic rings. The Kier molecular flexibility index (Phi) is 17.0. The summed E-state index contributed by atoms with van der Waals surface area (Å²) < 4.78 is 0. The fourth-order valence-electron chi connectivity index (χ4n) is 6.25. The first-order chi connectivity index (χ1) is 33.4. The van der Waals surface area contributed by atoms with E-state index >= 15 is 0 Å². The molecular formula is C50H35N5O15V. The number of carbonyl (C=O) groups is 5. The van der Waals surface area contributed by atoms with Crippen LogP contribution in [-0.2, 0) is 18.6 Å². The molecule has 10 N–H and O–H groups in total. The number of carboxylic acid groups (broad SMARTS) is 5. The number of aromatic carboxylic acids is 5. The molecule has 0 aliphatic heterocycles. The minimum absolute atomic E-state index is 0. The van der Waals surface area contributed by atoms with E-state index in [9.17, 15) is 49.5 Å². The number of fused-ring (bicyclic) bond motifs is 5. The summed E-state index contributed by atoms with van der Waals surface area (Å²) in [4.78, 5) is 72.2. The summed E-state index contributed by atoms with van der Waals surface area (Å²) in [6.07, 6.45) is 0. The largest absolute Gasteiger partial charge is 0.506 e. The zero-order chi connectivity index (χ0) is 50.6. The van der Waals surface area contributed by atoms with Gasteiger partial charge < -0.3 is 51.1 Å². The molecule has 71 heavy (non-hydrogen) atoms. The second-order valence-electron chi connectivity index (χ2n) is 14.3. The van der Waals surface area contributed by atoms with Crippen LogP contribution in [0.3, 0.4) is 0 Å². The van der Waals surface area contributed by atoms with Gasteiger partial charge in [-0.25, -0.2) is 48.9 Å². The third-order valence-corrected chi connectivity index (χ3v) is 9.59. The van der Waals surface area contributed by atoms with Gasteiger partial charge in [0.25, 0.3) is 0 Å². The van der Waals surface area contributed by atoms with Gasteiger partial charge in [0.2, 0.25) is 0 Å². The third-order valence-electron chi connectivity index (χ3n) is 9.59. The number of hydrogen-bond donors (Lipinski definition) is 10. The van der Waals surface area contributed by atoms with Gasteiger partial charge in [0.1, 0.15) is 84.8 Å². The van der Waals surface area contributed by atoms with Gasteiger partial charge in [0, 0.05) is 45.5 Å². The molecule has 0 saturated heterocycles. The van der Waals surface area contributed by atoms with Crippen molar-refractivity contribution in [2.45, 2.75) is 0 Å². The maximum Gasteiger partial charge on any atom is 0.354 e. The molecule has 21 heteroatoms. The van der Waals surface area contributed by atoms with E-state index in [2.05, 4.69) is 24.9 Å². The molecular weight excluding hydrogens is 962 g/mol. The van der Waals surface area contributed by atoms with Gasteiger partial charge in [-0.1, -0.05) is 91.0 Å². The average molecular weight is 997 g/mol. The summed E-state index contributed by atoms with van der Waals surface area (Å²) in [5.74, 6) is -5.55. The summed E-state index contributed by atoms with van der Waals surface area (Å²) in [7, 11) is 0. The number of aromatic hydroxyl groups is 5. The second kappa shape index (κ2) is 23.2. The molecule has 0 aliphatic carbocycles. The zero-order valence-electron chi connectivity index (χ0n) is 36.1. The molecule has 20 nitrogen and oxygen atoms in total. The number of aromatic nitrogens is 5. The smallest absolute Gasteiger partial charge is 0.354 e. The van der Waals surface area contributed by atoms with Crippen molar-refractivity contribution in [2.24, 2.45) is 0 Å². The zero-order valence-corrected chi connectivity index (χ0v) is 37.5. The number of para-hydroxylation sites is 5. The number of phenolic OH excluding ortho intramolecular Hbond substituents is 5. The maximum absolute atomic E-state index is 10.6. The Hall–Kier alpha value is -9.92. The number of phenols is 5. The van der Waals surface area contributed by atoms with Crippen LogP contribution in [0, 0.1) is 0 Å². The fraction of sp³-hybridized carbons (Fsp3) is 0. The Balaban J connectivity index is 0.000000164. The molecule has 0 saturated carbocycles. The van der Waals surface area contributed by atoms with E-state index in [-0.39, 0.29) is 75.8 Å². The van der Waals surface area contributed by atoms with Crippen molar-refractivity contribution < 1.29 is 93.6 Å². The van der Waals surface area contributed by atoms with E-state index in [1.165, 1.54) is 60.7 Å². The molecule has 0 aliphatic rings. The number of hydrogen-bond acceptors (Lipinski definition) is 15. The van der Waals surface area contributed by atoms with E-state index in [0.717, 1.165) is 26.9 Å². The van der Waals surface area contributed by atoms with E-state index in [4.69, 9.17) is 25.5 Å². The summed E-state index contributed by atoms with van der Waals surface area (Å²) in [5.41, 5.74) is 1.21. The molecule has 5 aromatic carbocycles. The Morgan fingerprint density at radius 2 is 0.408 bits per heavy atom. The van der Waals surface area contributed by atoms with E-state index < -0.39 is 29.8 Å². The quantitative estimate of drug-likeness (QED) is 0.0776. The van der Waals surface area contributed by atoms with E-state index in [1.807, 2.05) is 0 Å². The summed E-state index contributed by atoms with van der Waals surface area (Å²) >= 11 is 0. The molecule has 355 valence electrons. The second-order valence-corrected chi connectivity index (χ2v) is 14.3. The molecule has 0 bridgehead atoms. The predicted molar refractivity (Wildman–Crippen MR) is 252 cm³/mol. The summed E-state index contributed by atoms with van der Waals surface area (Å²) in [5, 5.41) is 94.2. The maximum atomic E-state index is 10.6. The van der Waals surface area contributed by atoms with Crippen molar-refractivity contribution in [3.05, 3.63) is 180 Å². The van der Waals surface area contributed by atoms with Gasteiger partial charge in [-0.15, -0.1) is 0 Å².